The van der Waals surface area contributed by atoms with Gasteiger partial charge in [0.2, 0.25) is 0 Å². The Kier molecular flexibility index (Phi) is 4.55. The first-order valence-electron chi connectivity index (χ1n) is 6.83. The molecule has 0 fully saturated rings. The maximum atomic E-state index is 12.0. The fourth-order valence-corrected chi connectivity index (χ4v) is 2.87. The molecule has 2 N–H and O–H groups in total. The van der Waals surface area contributed by atoms with Crippen LogP contribution in [0.4, 0.5) is 0 Å². The first-order valence-corrected chi connectivity index (χ1v) is 8.02. The van der Waals surface area contributed by atoms with E-state index in [1.807, 2.05) is 31.2 Å². The number of hydrogen-bond acceptors (Lipinski definition) is 4. The Bertz CT molecular complexity index is 851. The molecule has 23 heavy (non-hydrogen) atoms. The van der Waals surface area contributed by atoms with Crippen LogP contribution in [0.5, 0.6) is 0 Å². The van der Waals surface area contributed by atoms with Crippen LogP contribution in [0.2, 0.25) is 5.02 Å². The van der Waals surface area contributed by atoms with Crippen LogP contribution in [-0.2, 0) is 0 Å². The molecule has 2 aromatic heterocycles. The Balaban J connectivity index is 1.64. The van der Waals surface area contributed by atoms with Crippen molar-refractivity contribution in [2.45, 2.75) is 6.92 Å². The molecule has 0 saturated heterocycles. The van der Waals surface area contributed by atoms with Crippen LogP contribution in [0.3, 0.4) is 0 Å². The summed E-state index contributed by atoms with van der Waals surface area (Å²) in [6, 6.07) is 12.9. The highest BCUT2D eigenvalue weighted by Crippen LogP contribution is 2.26. The molecule has 5 nitrogen and oxygen atoms in total. The van der Waals surface area contributed by atoms with E-state index in [0.29, 0.717) is 10.7 Å². The van der Waals surface area contributed by atoms with E-state index in [2.05, 4.69) is 20.7 Å². The molecule has 0 aliphatic carbocycles. The Labute approximate surface area is 142 Å². The lowest BCUT2D eigenvalue weighted by atomic mass is 10.2. The lowest BCUT2D eigenvalue weighted by Crippen LogP contribution is -2.17. The zero-order valence-corrected chi connectivity index (χ0v) is 13.8. The van der Waals surface area contributed by atoms with E-state index in [1.54, 1.807) is 35.8 Å². The number of carbonyl (C=O) groups is 1. The Hall–Kier alpha value is -2.44. The molecule has 0 spiro atoms. The first kappa shape index (κ1) is 15.5. The molecular formula is C16H13ClN4OS. The molecule has 0 unspecified atom stereocenters. The molecule has 7 heteroatoms. The van der Waals surface area contributed by atoms with Gasteiger partial charge >= 0.3 is 0 Å². The summed E-state index contributed by atoms with van der Waals surface area (Å²) in [6.07, 6.45) is 1.55. The number of aromatic nitrogens is 2. The van der Waals surface area contributed by atoms with Crippen molar-refractivity contribution in [1.29, 1.82) is 0 Å². The third kappa shape index (κ3) is 3.85. The van der Waals surface area contributed by atoms with Gasteiger partial charge in [-0.1, -0.05) is 23.7 Å². The molecule has 0 aliphatic heterocycles. The van der Waals surface area contributed by atoms with Gasteiger partial charge in [0.25, 0.3) is 5.91 Å². The van der Waals surface area contributed by atoms with E-state index in [1.165, 1.54) is 4.88 Å². The van der Waals surface area contributed by atoms with E-state index in [0.717, 1.165) is 16.1 Å². The van der Waals surface area contributed by atoms with E-state index < -0.39 is 0 Å². The molecule has 2 heterocycles. The molecule has 1 amide bonds. The Morgan fingerprint density at radius 3 is 2.78 bits per heavy atom. The van der Waals surface area contributed by atoms with Gasteiger partial charge in [0.1, 0.15) is 0 Å². The molecule has 0 atom stereocenters. The van der Waals surface area contributed by atoms with Gasteiger partial charge in [-0.25, -0.2) is 5.43 Å². The zero-order chi connectivity index (χ0) is 16.2. The van der Waals surface area contributed by atoms with Gasteiger partial charge in [-0.05, 0) is 42.8 Å². The van der Waals surface area contributed by atoms with Gasteiger partial charge in [-0.3, -0.25) is 9.89 Å². The van der Waals surface area contributed by atoms with Gasteiger partial charge in [0.15, 0.2) is 5.69 Å². The molecule has 116 valence electrons. The fraction of sp³-hybridized carbons (Fsp3) is 0.0625. The van der Waals surface area contributed by atoms with Crippen molar-refractivity contribution in [3.63, 3.8) is 0 Å². The second kappa shape index (κ2) is 6.76. The molecule has 3 aromatic rings. The standard InChI is InChI=1S/C16H13ClN4OS/c1-10-2-7-15(23-10)13-8-14(20-19-13)16(22)21-18-9-11-3-5-12(17)6-4-11/h2-9H,1H3,(H,19,20)(H,21,22)/b18-9+. The lowest BCUT2D eigenvalue weighted by molar-refractivity contribution is 0.0950. The highest BCUT2D eigenvalue weighted by atomic mass is 35.5. The number of H-pyrrole nitrogens is 1. The molecular weight excluding hydrogens is 332 g/mol. The van der Waals surface area contributed by atoms with Crippen LogP contribution in [0.15, 0.2) is 47.6 Å². The van der Waals surface area contributed by atoms with Crippen LogP contribution >= 0.6 is 22.9 Å². The minimum Gasteiger partial charge on any atom is -0.276 e. The summed E-state index contributed by atoms with van der Waals surface area (Å²) in [6.45, 7) is 2.03. The van der Waals surface area contributed by atoms with Crippen molar-refractivity contribution in [2.75, 3.05) is 0 Å². The number of hydrogen-bond donors (Lipinski definition) is 2. The normalized spacial score (nSPS) is 11.0. The molecule has 0 aliphatic rings. The second-order valence-corrected chi connectivity index (χ2v) is 6.55. The number of nitrogens with one attached hydrogen (secondary N) is 2. The zero-order valence-electron chi connectivity index (χ0n) is 12.2. The minimum absolute atomic E-state index is 0.291. The molecule has 0 saturated carbocycles. The number of thiophene rings is 1. The number of amides is 1. The third-order valence-electron chi connectivity index (χ3n) is 3.07. The molecule has 3 rings (SSSR count). The van der Waals surface area contributed by atoms with Crippen LogP contribution in [0.1, 0.15) is 20.9 Å². The lowest BCUT2D eigenvalue weighted by Gasteiger charge is -1.95. The van der Waals surface area contributed by atoms with Gasteiger partial charge < -0.3 is 0 Å². The molecule has 0 radical (unpaired) electrons. The monoisotopic (exact) mass is 344 g/mol. The third-order valence-corrected chi connectivity index (χ3v) is 4.35. The Morgan fingerprint density at radius 1 is 1.30 bits per heavy atom. The van der Waals surface area contributed by atoms with E-state index >= 15 is 0 Å². The van der Waals surface area contributed by atoms with Crippen molar-refractivity contribution >= 4 is 35.1 Å². The number of benzene rings is 1. The van der Waals surface area contributed by atoms with Gasteiger partial charge in [-0.15, -0.1) is 11.3 Å². The topological polar surface area (TPSA) is 70.1 Å². The van der Waals surface area contributed by atoms with E-state index in [9.17, 15) is 4.79 Å². The summed E-state index contributed by atoms with van der Waals surface area (Å²) in [5.41, 5.74) is 4.40. The predicted octanol–water partition coefficient (Wildman–Crippen LogP) is 3.86. The van der Waals surface area contributed by atoms with Gasteiger partial charge in [0, 0.05) is 9.90 Å². The second-order valence-electron chi connectivity index (χ2n) is 4.83. The van der Waals surface area contributed by atoms with Crippen molar-refractivity contribution in [1.82, 2.24) is 15.6 Å². The van der Waals surface area contributed by atoms with Crippen molar-refractivity contribution < 1.29 is 4.79 Å². The van der Waals surface area contributed by atoms with E-state index in [4.69, 9.17) is 11.6 Å². The highest BCUT2D eigenvalue weighted by Gasteiger charge is 2.11. The van der Waals surface area contributed by atoms with Crippen LogP contribution in [0, 0.1) is 6.92 Å². The number of aromatic amines is 1. The summed E-state index contributed by atoms with van der Waals surface area (Å²) in [5, 5.41) is 11.4. The number of hydrazone groups is 1. The number of carbonyl (C=O) groups excluding carboxylic acids is 1. The van der Waals surface area contributed by atoms with Crippen LogP contribution < -0.4 is 5.43 Å². The van der Waals surface area contributed by atoms with Gasteiger partial charge in [-0.2, -0.15) is 10.2 Å². The number of aryl methyl sites for hydroxylation is 1. The van der Waals surface area contributed by atoms with Crippen molar-refractivity contribution in [3.8, 4) is 10.6 Å². The summed E-state index contributed by atoms with van der Waals surface area (Å²) in [4.78, 5) is 14.3. The van der Waals surface area contributed by atoms with Gasteiger partial charge in [0.05, 0.1) is 16.8 Å². The summed E-state index contributed by atoms with van der Waals surface area (Å²) in [5.74, 6) is -0.369. The number of nitrogens with zero attached hydrogens (tertiary/aromatic N) is 2. The number of halogens is 1. The van der Waals surface area contributed by atoms with Crippen LogP contribution in [-0.4, -0.2) is 22.3 Å². The maximum Gasteiger partial charge on any atom is 0.291 e. The fourth-order valence-electron chi connectivity index (χ4n) is 1.92. The summed E-state index contributed by atoms with van der Waals surface area (Å²) >= 11 is 7.44. The summed E-state index contributed by atoms with van der Waals surface area (Å²) in [7, 11) is 0. The quantitative estimate of drug-likeness (QED) is 0.557. The summed E-state index contributed by atoms with van der Waals surface area (Å²) < 4.78 is 0. The minimum atomic E-state index is -0.369. The smallest absolute Gasteiger partial charge is 0.276 e. The Morgan fingerprint density at radius 2 is 2.09 bits per heavy atom. The SMILES string of the molecule is Cc1ccc(-c2cc(C(=O)N/N=C/c3ccc(Cl)cc3)n[nH]2)s1. The largest absolute Gasteiger partial charge is 0.291 e. The first-order chi connectivity index (χ1) is 11.1. The van der Waals surface area contributed by atoms with Crippen molar-refractivity contribution in [2.24, 2.45) is 5.10 Å². The maximum absolute atomic E-state index is 12.0. The number of rotatable bonds is 4. The van der Waals surface area contributed by atoms with Crippen LogP contribution in [0.25, 0.3) is 10.6 Å². The molecule has 1 aromatic carbocycles. The highest BCUT2D eigenvalue weighted by molar-refractivity contribution is 7.15. The average molecular weight is 345 g/mol. The van der Waals surface area contributed by atoms with Crippen molar-refractivity contribution in [3.05, 3.63) is 63.6 Å². The van der Waals surface area contributed by atoms with E-state index in [-0.39, 0.29) is 5.91 Å². The molecule has 0 bridgehead atoms. The average Bonchev–Trinajstić information content (AvgIpc) is 3.18. The predicted molar refractivity (Wildman–Crippen MR) is 93.1 cm³/mol.